The molecule has 0 atom stereocenters. The topological polar surface area (TPSA) is 80.9 Å². The van der Waals surface area contributed by atoms with Crippen LogP contribution in [0.5, 0.6) is 0 Å². The van der Waals surface area contributed by atoms with Crippen molar-refractivity contribution < 1.29 is 0 Å². The molecule has 1 heterocycles. The average Bonchev–Trinajstić information content (AvgIpc) is 1.83. The van der Waals surface area contributed by atoms with Gasteiger partial charge in [-0.25, -0.2) is 4.79 Å². The molecule has 3 N–H and O–H groups in total. The summed E-state index contributed by atoms with van der Waals surface area (Å²) in [4.78, 5) is 23.1. The number of halogens is 1. The Morgan fingerprint density at radius 1 is 1.50 bits per heavy atom. The number of aromatic amines is 1. The molecule has 0 saturated heterocycles. The highest BCUT2D eigenvalue weighted by Gasteiger charge is 1.89. The van der Waals surface area contributed by atoms with Crippen molar-refractivity contribution in [3.63, 3.8) is 0 Å². The van der Waals surface area contributed by atoms with Crippen LogP contribution in [0.3, 0.4) is 0 Å². The van der Waals surface area contributed by atoms with E-state index in [1.807, 2.05) is 0 Å². The zero-order valence-electron chi connectivity index (χ0n) is 4.90. The van der Waals surface area contributed by atoms with E-state index in [-0.39, 0.29) is 12.4 Å². The van der Waals surface area contributed by atoms with Gasteiger partial charge in [0.1, 0.15) is 0 Å². The molecule has 0 aliphatic rings. The van der Waals surface area contributed by atoms with E-state index in [0.717, 1.165) is 0 Å². The van der Waals surface area contributed by atoms with Gasteiger partial charge in [-0.05, 0) is 0 Å². The van der Waals surface area contributed by atoms with Crippen LogP contribution in [0.1, 0.15) is 0 Å². The summed E-state index contributed by atoms with van der Waals surface area (Å²) in [5, 5.41) is 0. The molecule has 0 amide bonds. The number of hydrogen-bond acceptors (Lipinski definition) is 3. The maximum atomic E-state index is 10.5. The van der Waals surface area contributed by atoms with E-state index in [9.17, 15) is 9.59 Å². The maximum absolute atomic E-state index is 10.5. The fourth-order valence-electron chi connectivity index (χ4n) is 0.434. The van der Waals surface area contributed by atoms with Gasteiger partial charge in [-0.15, -0.1) is 12.4 Å². The molecule has 5 nitrogen and oxygen atoms in total. The van der Waals surface area contributed by atoms with Crippen LogP contribution in [0, 0.1) is 0 Å². The second kappa shape index (κ2) is 3.07. The molecule has 1 aromatic heterocycles. The smallest absolute Gasteiger partial charge is 0.332 e. The van der Waals surface area contributed by atoms with Gasteiger partial charge >= 0.3 is 5.69 Å². The van der Waals surface area contributed by atoms with E-state index in [2.05, 4.69) is 4.98 Å². The second-order valence-corrected chi connectivity index (χ2v) is 1.49. The minimum Gasteiger partial charge on any atom is -0.332 e. The van der Waals surface area contributed by atoms with Crippen LogP contribution in [0.2, 0.25) is 0 Å². The lowest BCUT2D eigenvalue weighted by molar-refractivity contribution is 0.833. The molecule has 1 rings (SSSR count). The molecule has 10 heavy (non-hydrogen) atoms. The SMILES string of the molecule is Cl.Nn1c(=O)cc[nH]c1=O. The van der Waals surface area contributed by atoms with Crippen molar-refractivity contribution >= 4 is 12.4 Å². The first-order valence-electron chi connectivity index (χ1n) is 2.27. The van der Waals surface area contributed by atoms with Crippen LogP contribution in [-0.2, 0) is 0 Å². The summed E-state index contributed by atoms with van der Waals surface area (Å²) in [6, 6.07) is 1.17. The minimum absolute atomic E-state index is 0. The molecule has 0 aromatic carbocycles. The highest BCUT2D eigenvalue weighted by atomic mass is 35.5. The van der Waals surface area contributed by atoms with Crippen molar-refractivity contribution in [3.8, 4) is 0 Å². The molecule has 0 spiro atoms. The first-order chi connectivity index (χ1) is 4.22. The first-order valence-corrected chi connectivity index (χ1v) is 2.27. The summed E-state index contributed by atoms with van der Waals surface area (Å²) in [7, 11) is 0. The molecule has 0 saturated carbocycles. The molecule has 0 aliphatic carbocycles. The number of hydrogen-bond donors (Lipinski definition) is 2. The number of nitrogen functional groups attached to an aromatic ring is 1. The zero-order valence-corrected chi connectivity index (χ0v) is 5.72. The minimum atomic E-state index is -0.609. The Morgan fingerprint density at radius 2 is 2.10 bits per heavy atom. The molecule has 0 unspecified atom stereocenters. The van der Waals surface area contributed by atoms with Gasteiger partial charge in [0.25, 0.3) is 5.56 Å². The molecule has 0 fully saturated rings. The number of nitrogens with one attached hydrogen (secondary N) is 1. The third-order valence-electron chi connectivity index (χ3n) is 0.889. The largest absolute Gasteiger partial charge is 0.347 e. The van der Waals surface area contributed by atoms with Crippen LogP contribution in [0.25, 0.3) is 0 Å². The number of aromatic nitrogens is 2. The van der Waals surface area contributed by atoms with Gasteiger partial charge in [-0.1, -0.05) is 0 Å². The van der Waals surface area contributed by atoms with Crippen LogP contribution in [0.4, 0.5) is 0 Å². The molecule has 0 bridgehead atoms. The molecule has 0 aliphatic heterocycles. The molecule has 0 radical (unpaired) electrons. The van der Waals surface area contributed by atoms with Crippen molar-refractivity contribution in [2.45, 2.75) is 0 Å². The summed E-state index contributed by atoms with van der Waals surface area (Å²) >= 11 is 0. The normalized spacial score (nSPS) is 8.40. The molecular weight excluding hydrogens is 158 g/mol. The lowest BCUT2D eigenvalue weighted by Crippen LogP contribution is -2.39. The summed E-state index contributed by atoms with van der Waals surface area (Å²) in [5.41, 5.74) is -1.12. The Labute approximate surface area is 61.9 Å². The lowest BCUT2D eigenvalue weighted by atomic mass is 10.7. The predicted octanol–water partition coefficient (Wildman–Crippen LogP) is -1.33. The van der Waals surface area contributed by atoms with E-state index < -0.39 is 11.2 Å². The van der Waals surface area contributed by atoms with Gasteiger partial charge in [-0.3, -0.25) is 4.79 Å². The number of H-pyrrole nitrogens is 1. The Hall–Kier alpha value is -1.23. The summed E-state index contributed by atoms with van der Waals surface area (Å²) in [6.45, 7) is 0. The lowest BCUT2D eigenvalue weighted by Gasteiger charge is -1.89. The van der Waals surface area contributed by atoms with Gasteiger partial charge in [0, 0.05) is 12.3 Å². The first kappa shape index (κ1) is 8.77. The summed E-state index contributed by atoms with van der Waals surface area (Å²) in [5.74, 6) is 4.94. The van der Waals surface area contributed by atoms with E-state index in [0.29, 0.717) is 4.68 Å². The van der Waals surface area contributed by atoms with Gasteiger partial charge in [0.2, 0.25) is 0 Å². The molecule has 56 valence electrons. The molecular formula is C4H6ClN3O2. The van der Waals surface area contributed by atoms with Gasteiger partial charge in [-0.2, -0.15) is 4.68 Å². The van der Waals surface area contributed by atoms with Crippen molar-refractivity contribution in [3.05, 3.63) is 33.1 Å². The van der Waals surface area contributed by atoms with Gasteiger partial charge in [0.05, 0.1) is 0 Å². The monoisotopic (exact) mass is 163 g/mol. The predicted molar refractivity (Wildman–Crippen MR) is 38.7 cm³/mol. The van der Waals surface area contributed by atoms with Crippen LogP contribution < -0.4 is 17.1 Å². The average molecular weight is 164 g/mol. The van der Waals surface area contributed by atoms with Crippen molar-refractivity contribution in [1.29, 1.82) is 0 Å². The van der Waals surface area contributed by atoms with Crippen molar-refractivity contribution in [2.75, 3.05) is 5.84 Å². The Balaban J connectivity index is 0.000000810. The van der Waals surface area contributed by atoms with Gasteiger partial charge in [0.15, 0.2) is 0 Å². The Kier molecular flexibility index (Phi) is 2.69. The van der Waals surface area contributed by atoms with E-state index in [1.54, 1.807) is 0 Å². The van der Waals surface area contributed by atoms with Crippen molar-refractivity contribution in [2.24, 2.45) is 0 Å². The van der Waals surface area contributed by atoms with E-state index >= 15 is 0 Å². The number of nitrogens with zero attached hydrogens (tertiary/aromatic N) is 1. The number of rotatable bonds is 0. The van der Waals surface area contributed by atoms with E-state index in [1.165, 1.54) is 12.3 Å². The standard InChI is InChI=1S/C4H5N3O2.ClH/c5-7-3(8)1-2-6-4(7)9;/h1-2H,5H2,(H,6,9);1H. The van der Waals surface area contributed by atoms with Crippen LogP contribution >= 0.6 is 12.4 Å². The fraction of sp³-hybridized carbons (Fsp3) is 0. The molecule has 6 heteroatoms. The summed E-state index contributed by atoms with van der Waals surface area (Å²) < 4.78 is 0.500. The highest BCUT2D eigenvalue weighted by Crippen LogP contribution is 1.54. The van der Waals surface area contributed by atoms with E-state index in [4.69, 9.17) is 5.84 Å². The van der Waals surface area contributed by atoms with Crippen LogP contribution in [-0.4, -0.2) is 9.66 Å². The quantitative estimate of drug-likeness (QED) is 0.465. The number of nitrogens with two attached hydrogens (primary N) is 1. The summed E-state index contributed by atoms with van der Waals surface area (Å²) in [6.07, 6.45) is 1.24. The third-order valence-corrected chi connectivity index (χ3v) is 0.889. The van der Waals surface area contributed by atoms with Gasteiger partial charge < -0.3 is 10.8 Å². The highest BCUT2D eigenvalue weighted by molar-refractivity contribution is 5.85. The Bertz CT molecular complexity index is 287. The maximum Gasteiger partial charge on any atom is 0.347 e. The van der Waals surface area contributed by atoms with Crippen molar-refractivity contribution in [1.82, 2.24) is 9.66 Å². The molecule has 1 aromatic rings. The Morgan fingerprint density at radius 3 is 2.50 bits per heavy atom. The second-order valence-electron chi connectivity index (χ2n) is 1.49. The zero-order chi connectivity index (χ0) is 6.85. The van der Waals surface area contributed by atoms with Crippen LogP contribution in [0.15, 0.2) is 21.9 Å². The third kappa shape index (κ3) is 1.38. The fourth-order valence-corrected chi connectivity index (χ4v) is 0.434.